The number of rotatable bonds is 2. The number of aryl methyl sites for hydroxylation is 1. The quantitative estimate of drug-likeness (QED) is 0.416. The van der Waals surface area contributed by atoms with Crippen LogP contribution in [-0.2, 0) is 14.3 Å². The third-order valence-corrected chi connectivity index (χ3v) is 7.08. The fraction of sp³-hybridized carbons (Fsp3) is 0.185. The van der Waals surface area contributed by atoms with Gasteiger partial charge in [-0.1, -0.05) is 54.1 Å². The van der Waals surface area contributed by atoms with Gasteiger partial charge in [0.25, 0.3) is 0 Å². The molecular formula is C27H17F2NO5. The highest BCUT2D eigenvalue weighted by Gasteiger charge is 2.74. The number of ketones is 2. The van der Waals surface area contributed by atoms with E-state index in [1.807, 2.05) is 6.92 Å². The molecule has 8 heteroatoms. The Balaban J connectivity index is 1.55. The van der Waals surface area contributed by atoms with Gasteiger partial charge in [-0.25, -0.2) is 13.7 Å². The third kappa shape index (κ3) is 2.71. The van der Waals surface area contributed by atoms with Crippen LogP contribution in [0.5, 0.6) is 0 Å². The molecule has 3 aliphatic rings. The number of amides is 2. The fourth-order valence-corrected chi connectivity index (χ4v) is 5.47. The lowest BCUT2D eigenvalue weighted by molar-refractivity contribution is -0.127. The van der Waals surface area contributed by atoms with Gasteiger partial charge in [0.15, 0.2) is 0 Å². The zero-order valence-corrected chi connectivity index (χ0v) is 18.3. The van der Waals surface area contributed by atoms with Gasteiger partial charge >= 0.3 is 0 Å². The highest BCUT2D eigenvalue weighted by molar-refractivity contribution is 6.37. The number of Topliss-reactive ketones (excluding diaryl/α,β-unsaturated/α-hetero) is 2. The molecule has 35 heavy (non-hydrogen) atoms. The van der Waals surface area contributed by atoms with Gasteiger partial charge in [0.05, 0.1) is 23.6 Å². The normalized spacial score (nSPS) is 24.4. The monoisotopic (exact) mass is 473 g/mol. The van der Waals surface area contributed by atoms with Gasteiger partial charge in [-0.3, -0.25) is 19.2 Å². The summed E-state index contributed by atoms with van der Waals surface area (Å²) in [5.74, 6) is -7.90. The molecule has 0 bridgehead atoms. The number of halogens is 2. The first kappa shape index (κ1) is 21.5. The lowest BCUT2D eigenvalue weighted by Gasteiger charge is -2.27. The molecule has 3 aromatic rings. The van der Waals surface area contributed by atoms with Crippen LogP contribution in [0.25, 0.3) is 0 Å². The van der Waals surface area contributed by atoms with Crippen LogP contribution in [0.3, 0.4) is 0 Å². The van der Waals surface area contributed by atoms with Crippen molar-refractivity contribution in [3.05, 3.63) is 101 Å². The van der Waals surface area contributed by atoms with E-state index in [1.165, 1.54) is 12.1 Å². The van der Waals surface area contributed by atoms with E-state index in [2.05, 4.69) is 0 Å². The minimum atomic E-state index is -2.25. The van der Waals surface area contributed by atoms with Crippen molar-refractivity contribution in [1.82, 2.24) is 0 Å². The predicted molar refractivity (Wildman–Crippen MR) is 119 cm³/mol. The summed E-state index contributed by atoms with van der Waals surface area (Å²) in [6.45, 7) is 1.87. The van der Waals surface area contributed by atoms with Crippen LogP contribution >= 0.6 is 0 Å². The number of ether oxygens (including phenoxy) is 1. The molecule has 0 N–H and O–H groups in total. The van der Waals surface area contributed by atoms with Crippen molar-refractivity contribution in [3.8, 4) is 0 Å². The topological polar surface area (TPSA) is 80.8 Å². The van der Waals surface area contributed by atoms with Crippen LogP contribution in [0.15, 0.2) is 66.7 Å². The molecule has 3 atom stereocenters. The molecule has 174 valence electrons. The average molecular weight is 473 g/mol. The van der Waals surface area contributed by atoms with E-state index in [0.29, 0.717) is 16.5 Å². The number of anilines is 1. The summed E-state index contributed by atoms with van der Waals surface area (Å²) in [6, 6.07) is 15.6. The van der Waals surface area contributed by atoms with Crippen LogP contribution in [0.4, 0.5) is 14.5 Å². The zero-order valence-electron chi connectivity index (χ0n) is 18.3. The fourth-order valence-electron chi connectivity index (χ4n) is 5.47. The first-order valence-electron chi connectivity index (χ1n) is 11.0. The summed E-state index contributed by atoms with van der Waals surface area (Å²) < 4.78 is 34.4. The van der Waals surface area contributed by atoms with Gasteiger partial charge in [-0.2, -0.15) is 0 Å². The molecular weight excluding hydrogens is 456 g/mol. The Morgan fingerprint density at radius 2 is 1.46 bits per heavy atom. The van der Waals surface area contributed by atoms with Gasteiger partial charge in [-0.15, -0.1) is 0 Å². The van der Waals surface area contributed by atoms with Crippen molar-refractivity contribution in [2.45, 2.75) is 18.6 Å². The Kier molecular flexibility index (Phi) is 4.44. The Morgan fingerprint density at radius 1 is 0.829 bits per heavy atom. The third-order valence-electron chi connectivity index (χ3n) is 7.08. The van der Waals surface area contributed by atoms with Crippen LogP contribution in [0.2, 0.25) is 0 Å². The molecule has 2 aliphatic heterocycles. The second-order valence-corrected chi connectivity index (χ2v) is 9.00. The summed E-state index contributed by atoms with van der Waals surface area (Å²) in [6.07, 6.45) is -1.10. The van der Waals surface area contributed by atoms with E-state index >= 15 is 0 Å². The number of carbonyl (C=O) groups excluding carboxylic acids is 4. The molecule has 6 rings (SSSR count). The Morgan fingerprint density at radius 3 is 2.06 bits per heavy atom. The molecule has 2 fully saturated rings. The van der Waals surface area contributed by atoms with Gasteiger partial charge < -0.3 is 4.74 Å². The van der Waals surface area contributed by atoms with Crippen molar-refractivity contribution in [2.75, 3.05) is 4.90 Å². The van der Waals surface area contributed by atoms with Gasteiger partial charge in [-0.05, 0) is 24.6 Å². The van der Waals surface area contributed by atoms with E-state index in [-0.39, 0.29) is 11.1 Å². The molecule has 0 aromatic heterocycles. The molecule has 0 saturated carbocycles. The van der Waals surface area contributed by atoms with Crippen LogP contribution in [0, 0.1) is 30.4 Å². The smallest absolute Gasteiger partial charge is 0.241 e. The maximum Gasteiger partial charge on any atom is 0.241 e. The lowest BCUT2D eigenvalue weighted by atomic mass is 9.77. The summed E-state index contributed by atoms with van der Waals surface area (Å²) in [7, 11) is 0. The van der Waals surface area contributed by atoms with Crippen molar-refractivity contribution in [3.63, 3.8) is 0 Å². The van der Waals surface area contributed by atoms with Crippen LogP contribution in [0.1, 0.15) is 37.9 Å². The van der Waals surface area contributed by atoms with E-state index in [4.69, 9.17) is 4.74 Å². The summed E-state index contributed by atoms with van der Waals surface area (Å²) in [4.78, 5) is 55.3. The highest BCUT2D eigenvalue weighted by Crippen LogP contribution is 2.57. The number of fused-ring (bicyclic) bond motifs is 3. The predicted octanol–water partition coefficient (Wildman–Crippen LogP) is 3.97. The summed E-state index contributed by atoms with van der Waals surface area (Å²) in [5, 5.41) is 0. The van der Waals surface area contributed by atoms with Crippen molar-refractivity contribution >= 4 is 29.1 Å². The van der Waals surface area contributed by atoms with E-state index < -0.39 is 64.2 Å². The molecule has 2 heterocycles. The maximum absolute atomic E-state index is 14.7. The van der Waals surface area contributed by atoms with Crippen LogP contribution in [-0.4, -0.2) is 29.0 Å². The number of hydrogen-bond donors (Lipinski definition) is 0. The van der Waals surface area contributed by atoms with E-state index in [0.717, 1.165) is 17.7 Å². The molecule has 2 amide bonds. The largest absolute Gasteiger partial charge is 0.349 e. The van der Waals surface area contributed by atoms with Crippen molar-refractivity contribution in [2.24, 2.45) is 11.8 Å². The zero-order chi connectivity index (χ0) is 24.6. The average Bonchev–Trinajstić information content (AvgIpc) is 3.40. The number of imide groups is 1. The summed E-state index contributed by atoms with van der Waals surface area (Å²) >= 11 is 0. The minimum absolute atomic E-state index is 0.104. The van der Waals surface area contributed by atoms with E-state index in [1.54, 1.807) is 36.4 Å². The van der Waals surface area contributed by atoms with Crippen LogP contribution < -0.4 is 4.90 Å². The van der Waals surface area contributed by atoms with Crippen molar-refractivity contribution in [1.29, 1.82) is 0 Å². The molecule has 1 aliphatic carbocycles. The summed E-state index contributed by atoms with van der Waals surface area (Å²) in [5.41, 5.74) is -1.05. The Bertz CT molecular complexity index is 1430. The number of carbonyl (C=O) groups is 4. The molecule has 1 spiro atoms. The van der Waals surface area contributed by atoms with Gasteiger partial charge in [0.1, 0.15) is 11.6 Å². The molecule has 6 nitrogen and oxygen atoms in total. The van der Waals surface area contributed by atoms with Gasteiger partial charge in [0.2, 0.25) is 29.0 Å². The highest BCUT2D eigenvalue weighted by atomic mass is 19.1. The first-order chi connectivity index (χ1) is 16.8. The number of benzene rings is 3. The lowest BCUT2D eigenvalue weighted by Crippen LogP contribution is -2.51. The maximum atomic E-state index is 14.7. The van der Waals surface area contributed by atoms with Gasteiger partial charge in [0, 0.05) is 17.2 Å². The Hall–Kier alpha value is -4.04. The standard InChI is InChI=1S/C27H17F2NO5/c1-13-6-8-14(9-7-13)22-20-21(26(34)30(25(20)33)19-11-10-15(28)12-18(19)29)27(35-22)23(31)16-4-2-3-5-17(16)24(27)32/h2-12,20-22H,1H3/t20-,21-,22+/m1/s1. The second kappa shape index (κ2) is 7.23. The molecule has 0 radical (unpaired) electrons. The minimum Gasteiger partial charge on any atom is -0.349 e. The molecule has 3 aromatic carbocycles. The first-order valence-corrected chi connectivity index (χ1v) is 11.0. The second-order valence-electron chi connectivity index (χ2n) is 9.00. The molecule has 0 unspecified atom stereocenters. The van der Waals surface area contributed by atoms with Crippen molar-refractivity contribution < 1.29 is 32.7 Å². The number of nitrogens with zero attached hydrogens (tertiary/aromatic N) is 1. The number of hydrogen-bond acceptors (Lipinski definition) is 5. The molecule has 2 saturated heterocycles. The Labute approximate surface area is 198 Å². The SMILES string of the molecule is Cc1ccc([C@@H]2OC3(C(=O)c4ccccc4C3=O)[C@H]3C(=O)N(c4ccc(F)cc4F)C(=O)[C@@H]23)cc1. The van der Waals surface area contributed by atoms with E-state index in [9.17, 15) is 28.0 Å².